The topological polar surface area (TPSA) is 44.5 Å². The molecule has 0 aliphatic heterocycles. The van der Waals surface area contributed by atoms with E-state index in [1.54, 1.807) is 6.92 Å². The van der Waals surface area contributed by atoms with Crippen LogP contribution in [0.15, 0.2) is 36.4 Å². The van der Waals surface area contributed by atoms with Crippen LogP contribution < -0.4 is 15.2 Å². The molecule has 0 saturated heterocycles. The molecule has 0 amide bonds. The highest BCUT2D eigenvalue weighted by molar-refractivity contribution is 6.32. The summed E-state index contributed by atoms with van der Waals surface area (Å²) in [5.41, 5.74) is 6.87. The monoisotopic (exact) mass is 399 g/mol. The van der Waals surface area contributed by atoms with Gasteiger partial charge < -0.3 is 15.2 Å². The first-order chi connectivity index (χ1) is 11.2. The molecule has 0 unspecified atom stereocenters. The summed E-state index contributed by atoms with van der Waals surface area (Å²) in [6, 6.07) is 6.88. The first kappa shape index (κ1) is 21.3. The zero-order valence-electron chi connectivity index (χ0n) is 12.9. The van der Waals surface area contributed by atoms with Gasteiger partial charge in [-0.15, -0.1) is 25.6 Å². The number of hydrogen-bond donors (Lipinski definition) is 1. The lowest BCUT2D eigenvalue weighted by Crippen LogP contribution is -2.17. The predicted molar refractivity (Wildman–Crippen MR) is 89.0 cm³/mol. The molecule has 0 saturated carbocycles. The quantitative estimate of drug-likeness (QED) is 0.698. The van der Waals surface area contributed by atoms with Crippen molar-refractivity contribution in [1.29, 1.82) is 0 Å². The molecule has 0 heterocycles. The molecule has 3 nitrogen and oxygen atoms in total. The van der Waals surface area contributed by atoms with E-state index < -0.39 is 18.2 Å². The maximum absolute atomic E-state index is 14.0. The largest absolute Gasteiger partial charge is 0.573 e. The summed E-state index contributed by atoms with van der Waals surface area (Å²) < 4.78 is 59.3. The van der Waals surface area contributed by atoms with Crippen molar-refractivity contribution in [3.63, 3.8) is 0 Å². The van der Waals surface area contributed by atoms with Crippen molar-refractivity contribution in [1.82, 2.24) is 0 Å². The highest BCUT2D eigenvalue weighted by Crippen LogP contribution is 2.33. The van der Waals surface area contributed by atoms with Crippen LogP contribution in [-0.4, -0.2) is 13.0 Å². The molecule has 138 valence electrons. The molecule has 0 radical (unpaired) electrons. The van der Waals surface area contributed by atoms with Crippen LogP contribution in [0, 0.1) is 5.82 Å². The summed E-state index contributed by atoms with van der Waals surface area (Å²) in [6.45, 7) is 1.95. The molecular weight excluding hydrogens is 385 g/mol. The Morgan fingerprint density at radius 2 is 1.72 bits per heavy atom. The Balaban J connectivity index is 0.00000312. The number of rotatable bonds is 5. The van der Waals surface area contributed by atoms with Crippen LogP contribution in [0.4, 0.5) is 17.6 Å². The summed E-state index contributed by atoms with van der Waals surface area (Å²) >= 11 is 5.98. The third-order valence-corrected chi connectivity index (χ3v) is 3.42. The fourth-order valence-corrected chi connectivity index (χ4v) is 2.38. The Hall–Kier alpha value is -1.70. The standard InChI is InChI=1S/C16H14ClF4NO2.ClH/c1-2-23-15-12(17)7-10(8-13(15)18)14(22)9-3-5-11(6-4-9)24-16(19,20)21;/h3-8,14H,2,22H2,1H3;1H/t14-;/m1./s1. The second-order valence-corrected chi connectivity index (χ2v) is 5.25. The second kappa shape index (κ2) is 8.60. The van der Waals surface area contributed by atoms with Crippen LogP contribution in [0.25, 0.3) is 0 Å². The van der Waals surface area contributed by atoms with E-state index in [9.17, 15) is 17.6 Å². The Kier molecular flexibility index (Phi) is 7.34. The van der Waals surface area contributed by atoms with Crippen molar-refractivity contribution >= 4 is 24.0 Å². The number of nitrogens with two attached hydrogens (primary N) is 1. The number of ether oxygens (including phenoxy) is 2. The van der Waals surface area contributed by atoms with Crippen molar-refractivity contribution in [2.24, 2.45) is 5.73 Å². The van der Waals surface area contributed by atoms with E-state index in [0.29, 0.717) is 11.1 Å². The molecule has 2 N–H and O–H groups in total. The molecule has 0 bridgehead atoms. The molecule has 0 spiro atoms. The van der Waals surface area contributed by atoms with Crippen molar-refractivity contribution in [3.8, 4) is 11.5 Å². The van der Waals surface area contributed by atoms with Gasteiger partial charge in [0.05, 0.1) is 17.7 Å². The summed E-state index contributed by atoms with van der Waals surface area (Å²) in [7, 11) is 0. The van der Waals surface area contributed by atoms with Crippen LogP contribution in [0.5, 0.6) is 11.5 Å². The van der Waals surface area contributed by atoms with Gasteiger partial charge in [0.1, 0.15) is 5.75 Å². The second-order valence-electron chi connectivity index (χ2n) is 4.84. The van der Waals surface area contributed by atoms with Crippen LogP contribution in [0.3, 0.4) is 0 Å². The Morgan fingerprint density at radius 3 is 2.20 bits per heavy atom. The molecule has 0 aromatic heterocycles. The third-order valence-electron chi connectivity index (χ3n) is 3.14. The Bertz CT molecular complexity index is 685. The predicted octanol–water partition coefficient (Wildman–Crippen LogP) is 5.25. The zero-order chi connectivity index (χ0) is 17.9. The van der Waals surface area contributed by atoms with Crippen molar-refractivity contribution in [3.05, 3.63) is 58.4 Å². The highest BCUT2D eigenvalue weighted by Gasteiger charge is 2.31. The highest BCUT2D eigenvalue weighted by atomic mass is 35.5. The van der Waals surface area contributed by atoms with Gasteiger partial charge in [-0.25, -0.2) is 4.39 Å². The fraction of sp³-hybridized carbons (Fsp3) is 0.250. The number of alkyl halides is 3. The summed E-state index contributed by atoms with van der Waals surface area (Å²) in [5.74, 6) is -1.09. The van der Waals surface area contributed by atoms with Crippen LogP contribution in [0.2, 0.25) is 5.02 Å². The normalized spacial score (nSPS) is 12.3. The number of hydrogen-bond acceptors (Lipinski definition) is 3. The van der Waals surface area contributed by atoms with Crippen LogP contribution in [0.1, 0.15) is 24.1 Å². The molecule has 0 aliphatic rings. The van der Waals surface area contributed by atoms with Gasteiger partial charge in [-0.05, 0) is 42.3 Å². The van der Waals surface area contributed by atoms with E-state index in [1.807, 2.05) is 0 Å². The minimum absolute atomic E-state index is 0. The number of halogens is 6. The Morgan fingerprint density at radius 1 is 1.12 bits per heavy atom. The van der Waals surface area contributed by atoms with Crippen molar-refractivity contribution < 1.29 is 27.0 Å². The van der Waals surface area contributed by atoms with E-state index in [4.69, 9.17) is 22.1 Å². The average molecular weight is 400 g/mol. The molecular formula is C16H15Cl2F4NO2. The minimum Gasteiger partial charge on any atom is -0.489 e. The number of benzene rings is 2. The summed E-state index contributed by atoms with van der Waals surface area (Å²) in [6.07, 6.45) is -4.77. The first-order valence-corrected chi connectivity index (χ1v) is 7.32. The van der Waals surface area contributed by atoms with E-state index in [0.717, 1.165) is 12.1 Å². The average Bonchev–Trinajstić information content (AvgIpc) is 2.49. The lowest BCUT2D eigenvalue weighted by Gasteiger charge is -2.16. The maximum atomic E-state index is 14.0. The molecule has 2 aromatic carbocycles. The molecule has 0 fully saturated rings. The SMILES string of the molecule is CCOc1c(F)cc([C@H](N)c2ccc(OC(F)(F)F)cc2)cc1Cl.Cl. The first-order valence-electron chi connectivity index (χ1n) is 6.94. The molecule has 25 heavy (non-hydrogen) atoms. The van der Waals surface area contributed by atoms with Gasteiger partial charge in [0.25, 0.3) is 0 Å². The van der Waals surface area contributed by atoms with Gasteiger partial charge in [-0.1, -0.05) is 23.7 Å². The molecule has 1 atom stereocenters. The third kappa shape index (κ3) is 5.66. The van der Waals surface area contributed by atoms with Crippen LogP contribution >= 0.6 is 24.0 Å². The molecule has 9 heteroatoms. The molecule has 0 aliphatic carbocycles. The maximum Gasteiger partial charge on any atom is 0.573 e. The Labute approximate surface area is 153 Å². The summed E-state index contributed by atoms with van der Waals surface area (Å²) in [5, 5.41) is 0.0688. The molecule has 2 aromatic rings. The lowest BCUT2D eigenvalue weighted by molar-refractivity contribution is -0.274. The van der Waals surface area contributed by atoms with E-state index in [1.165, 1.54) is 24.3 Å². The van der Waals surface area contributed by atoms with Crippen molar-refractivity contribution in [2.45, 2.75) is 19.3 Å². The fourth-order valence-electron chi connectivity index (χ4n) is 2.11. The van der Waals surface area contributed by atoms with Crippen molar-refractivity contribution in [2.75, 3.05) is 6.61 Å². The van der Waals surface area contributed by atoms with Crippen LogP contribution in [-0.2, 0) is 0 Å². The van der Waals surface area contributed by atoms with Gasteiger partial charge in [-0.2, -0.15) is 0 Å². The van der Waals surface area contributed by atoms with Gasteiger partial charge in [-0.3, -0.25) is 0 Å². The van der Waals surface area contributed by atoms with E-state index in [-0.39, 0.29) is 35.5 Å². The lowest BCUT2D eigenvalue weighted by atomic mass is 9.99. The van der Waals surface area contributed by atoms with E-state index >= 15 is 0 Å². The minimum atomic E-state index is -4.77. The summed E-state index contributed by atoms with van der Waals surface area (Å²) in [4.78, 5) is 0. The zero-order valence-corrected chi connectivity index (χ0v) is 14.5. The van der Waals surface area contributed by atoms with Gasteiger partial charge in [0, 0.05) is 0 Å². The van der Waals surface area contributed by atoms with Gasteiger partial charge >= 0.3 is 6.36 Å². The smallest absolute Gasteiger partial charge is 0.489 e. The van der Waals surface area contributed by atoms with E-state index in [2.05, 4.69) is 4.74 Å². The molecule has 2 rings (SSSR count). The van der Waals surface area contributed by atoms with Gasteiger partial charge in [0.2, 0.25) is 0 Å². The van der Waals surface area contributed by atoms with Gasteiger partial charge in [0.15, 0.2) is 11.6 Å².